The molecule has 1 N–H and O–H groups in total. The molecule has 1 atom stereocenters. The summed E-state index contributed by atoms with van der Waals surface area (Å²) in [7, 11) is 0. The van der Waals surface area contributed by atoms with E-state index in [0.29, 0.717) is 12.1 Å². The molecule has 2 heteroatoms. The van der Waals surface area contributed by atoms with Gasteiger partial charge in [-0.1, -0.05) is 58.4 Å². The summed E-state index contributed by atoms with van der Waals surface area (Å²) >= 11 is 3.63. The minimum Gasteiger partial charge on any atom is -0.307 e. The Labute approximate surface area is 123 Å². The smallest absolute Gasteiger partial charge is 0.0305 e. The van der Waals surface area contributed by atoms with Gasteiger partial charge in [0, 0.05) is 16.6 Å². The third kappa shape index (κ3) is 2.75. The summed E-state index contributed by atoms with van der Waals surface area (Å²) in [4.78, 5) is 0. The van der Waals surface area contributed by atoms with Crippen molar-refractivity contribution in [1.29, 1.82) is 0 Å². The molecule has 19 heavy (non-hydrogen) atoms. The zero-order chi connectivity index (χ0) is 13.2. The quantitative estimate of drug-likeness (QED) is 0.892. The average Bonchev–Trinajstić information content (AvgIpc) is 2.81. The molecular weight excluding hydrogens is 298 g/mol. The summed E-state index contributed by atoms with van der Waals surface area (Å²) in [5.41, 5.74) is 4.33. The standard InChI is InChI=1S/C17H18BrN/c1-12(16-8-4-5-9-17(16)18)19-15-10-13-6-2-3-7-14(13)11-15/h2-9,12,15,19H,10-11H2,1H3. The second-order valence-corrected chi connectivity index (χ2v) is 6.14. The highest BCUT2D eigenvalue weighted by molar-refractivity contribution is 9.10. The third-order valence-electron chi connectivity index (χ3n) is 3.91. The highest BCUT2D eigenvalue weighted by atomic mass is 79.9. The lowest BCUT2D eigenvalue weighted by Crippen LogP contribution is -2.32. The van der Waals surface area contributed by atoms with Crippen molar-refractivity contribution in [1.82, 2.24) is 5.32 Å². The minimum absolute atomic E-state index is 0.370. The zero-order valence-corrected chi connectivity index (χ0v) is 12.7. The summed E-state index contributed by atoms with van der Waals surface area (Å²) in [5.74, 6) is 0. The van der Waals surface area contributed by atoms with Crippen molar-refractivity contribution in [2.45, 2.75) is 31.8 Å². The van der Waals surface area contributed by atoms with E-state index in [2.05, 4.69) is 76.7 Å². The van der Waals surface area contributed by atoms with Crippen LogP contribution in [0.1, 0.15) is 29.7 Å². The van der Waals surface area contributed by atoms with E-state index in [1.165, 1.54) is 21.2 Å². The monoisotopic (exact) mass is 315 g/mol. The molecule has 0 heterocycles. The van der Waals surface area contributed by atoms with Crippen LogP contribution in [-0.2, 0) is 12.8 Å². The molecule has 0 radical (unpaired) electrons. The van der Waals surface area contributed by atoms with Gasteiger partial charge in [-0.3, -0.25) is 0 Å². The summed E-state index contributed by atoms with van der Waals surface area (Å²) in [6.07, 6.45) is 2.29. The lowest BCUT2D eigenvalue weighted by Gasteiger charge is -2.20. The second-order valence-electron chi connectivity index (χ2n) is 5.28. The largest absolute Gasteiger partial charge is 0.307 e. The van der Waals surface area contributed by atoms with E-state index in [1.54, 1.807) is 0 Å². The fraction of sp³-hybridized carbons (Fsp3) is 0.294. The van der Waals surface area contributed by atoms with Gasteiger partial charge in [-0.2, -0.15) is 0 Å². The average molecular weight is 316 g/mol. The molecule has 3 rings (SSSR count). The zero-order valence-electron chi connectivity index (χ0n) is 11.1. The number of hydrogen-bond acceptors (Lipinski definition) is 1. The Balaban J connectivity index is 1.69. The molecular formula is C17H18BrN. The topological polar surface area (TPSA) is 12.0 Å². The Morgan fingerprint density at radius 2 is 1.58 bits per heavy atom. The van der Waals surface area contributed by atoms with Gasteiger partial charge in [0.25, 0.3) is 0 Å². The predicted octanol–water partition coefficient (Wildman–Crippen LogP) is 4.27. The molecule has 2 aromatic carbocycles. The Morgan fingerprint density at radius 3 is 2.21 bits per heavy atom. The third-order valence-corrected chi connectivity index (χ3v) is 4.63. The van der Waals surface area contributed by atoms with Crippen LogP contribution in [0.25, 0.3) is 0 Å². The molecule has 2 aromatic rings. The molecule has 1 nitrogen and oxygen atoms in total. The van der Waals surface area contributed by atoms with E-state index < -0.39 is 0 Å². The molecule has 0 amide bonds. The van der Waals surface area contributed by atoms with Gasteiger partial charge in [-0.05, 0) is 42.5 Å². The first-order valence-electron chi connectivity index (χ1n) is 6.81. The Bertz CT molecular complexity index is 554. The SMILES string of the molecule is CC(NC1Cc2ccccc2C1)c1ccccc1Br. The van der Waals surface area contributed by atoms with Crippen molar-refractivity contribution >= 4 is 15.9 Å². The van der Waals surface area contributed by atoms with E-state index in [4.69, 9.17) is 0 Å². The van der Waals surface area contributed by atoms with E-state index in [9.17, 15) is 0 Å². The van der Waals surface area contributed by atoms with Gasteiger partial charge in [0.05, 0.1) is 0 Å². The van der Waals surface area contributed by atoms with E-state index in [-0.39, 0.29) is 0 Å². The Hall–Kier alpha value is -1.12. The van der Waals surface area contributed by atoms with Crippen LogP contribution in [0.15, 0.2) is 53.0 Å². The van der Waals surface area contributed by atoms with Crippen LogP contribution in [0, 0.1) is 0 Å². The van der Waals surface area contributed by atoms with Crippen LogP contribution in [0.5, 0.6) is 0 Å². The van der Waals surface area contributed by atoms with Crippen LogP contribution in [-0.4, -0.2) is 6.04 Å². The molecule has 0 spiro atoms. The van der Waals surface area contributed by atoms with Gasteiger partial charge < -0.3 is 5.32 Å². The van der Waals surface area contributed by atoms with Crippen molar-refractivity contribution in [3.05, 3.63) is 69.7 Å². The van der Waals surface area contributed by atoms with Crippen LogP contribution < -0.4 is 5.32 Å². The molecule has 0 saturated heterocycles. The summed E-state index contributed by atoms with van der Waals surface area (Å²) < 4.78 is 1.19. The number of fused-ring (bicyclic) bond motifs is 1. The molecule has 0 aliphatic heterocycles. The molecule has 0 aromatic heterocycles. The van der Waals surface area contributed by atoms with Crippen molar-refractivity contribution in [3.63, 3.8) is 0 Å². The molecule has 0 bridgehead atoms. The highest BCUT2D eigenvalue weighted by Crippen LogP contribution is 2.27. The Morgan fingerprint density at radius 1 is 1.00 bits per heavy atom. The number of halogens is 1. The molecule has 0 fully saturated rings. The number of benzene rings is 2. The van der Waals surface area contributed by atoms with Crippen molar-refractivity contribution in [2.75, 3.05) is 0 Å². The van der Waals surface area contributed by atoms with Crippen LogP contribution in [0.2, 0.25) is 0 Å². The van der Waals surface area contributed by atoms with Crippen LogP contribution >= 0.6 is 15.9 Å². The van der Waals surface area contributed by atoms with Gasteiger partial charge in [0.15, 0.2) is 0 Å². The second kappa shape index (κ2) is 5.48. The molecule has 0 saturated carbocycles. The minimum atomic E-state index is 0.370. The van der Waals surface area contributed by atoms with Gasteiger partial charge in [0.1, 0.15) is 0 Å². The van der Waals surface area contributed by atoms with Crippen molar-refractivity contribution < 1.29 is 0 Å². The van der Waals surface area contributed by atoms with Crippen molar-refractivity contribution in [2.24, 2.45) is 0 Å². The fourth-order valence-electron chi connectivity index (χ4n) is 2.95. The Kier molecular flexibility index (Phi) is 3.72. The maximum Gasteiger partial charge on any atom is 0.0305 e. The van der Waals surface area contributed by atoms with Gasteiger partial charge in [0.2, 0.25) is 0 Å². The fourth-order valence-corrected chi connectivity index (χ4v) is 3.57. The first-order valence-corrected chi connectivity index (χ1v) is 7.60. The summed E-state index contributed by atoms with van der Waals surface area (Å²) in [5, 5.41) is 3.75. The molecule has 1 aliphatic rings. The number of nitrogens with one attached hydrogen (secondary N) is 1. The van der Waals surface area contributed by atoms with E-state index in [0.717, 1.165) is 12.8 Å². The predicted molar refractivity (Wildman–Crippen MR) is 83.3 cm³/mol. The van der Waals surface area contributed by atoms with Gasteiger partial charge in [-0.15, -0.1) is 0 Å². The van der Waals surface area contributed by atoms with E-state index in [1.807, 2.05) is 0 Å². The number of rotatable bonds is 3. The van der Waals surface area contributed by atoms with E-state index >= 15 is 0 Å². The van der Waals surface area contributed by atoms with Gasteiger partial charge in [-0.25, -0.2) is 0 Å². The number of hydrogen-bond donors (Lipinski definition) is 1. The van der Waals surface area contributed by atoms with Crippen molar-refractivity contribution in [3.8, 4) is 0 Å². The van der Waals surface area contributed by atoms with Crippen LogP contribution in [0.3, 0.4) is 0 Å². The summed E-state index contributed by atoms with van der Waals surface area (Å²) in [6.45, 7) is 2.24. The molecule has 1 unspecified atom stereocenters. The maximum absolute atomic E-state index is 3.75. The maximum atomic E-state index is 3.75. The molecule has 98 valence electrons. The van der Waals surface area contributed by atoms with Crippen LogP contribution in [0.4, 0.5) is 0 Å². The first-order chi connectivity index (χ1) is 9.24. The first kappa shape index (κ1) is 12.9. The lowest BCUT2D eigenvalue weighted by atomic mass is 10.1. The van der Waals surface area contributed by atoms with Gasteiger partial charge >= 0.3 is 0 Å². The normalized spacial score (nSPS) is 16.3. The lowest BCUT2D eigenvalue weighted by molar-refractivity contribution is 0.466. The molecule has 1 aliphatic carbocycles. The highest BCUT2D eigenvalue weighted by Gasteiger charge is 2.22. The summed E-state index contributed by atoms with van der Waals surface area (Å²) in [6, 6.07) is 18.2.